The molecule has 0 saturated carbocycles. The van der Waals surface area contributed by atoms with Gasteiger partial charge in [-0.2, -0.15) is 0 Å². The van der Waals surface area contributed by atoms with Crippen molar-refractivity contribution in [3.63, 3.8) is 0 Å². The molecule has 1 unspecified atom stereocenters. The van der Waals surface area contributed by atoms with Crippen LogP contribution in [0.3, 0.4) is 0 Å². The number of aromatic nitrogens is 2. The molecule has 0 radical (unpaired) electrons. The highest BCUT2D eigenvalue weighted by Gasteiger charge is 2.05. The molecule has 0 amide bonds. The van der Waals surface area contributed by atoms with E-state index in [-0.39, 0.29) is 6.04 Å². The second-order valence-corrected chi connectivity index (χ2v) is 3.76. The van der Waals surface area contributed by atoms with Crippen molar-refractivity contribution >= 4 is 0 Å². The van der Waals surface area contributed by atoms with Crippen molar-refractivity contribution in [3.05, 3.63) is 23.3 Å². The van der Waals surface area contributed by atoms with E-state index in [0.29, 0.717) is 0 Å². The molecular formula is C11H19N3. The van der Waals surface area contributed by atoms with Crippen molar-refractivity contribution < 1.29 is 0 Å². The Morgan fingerprint density at radius 2 is 2.00 bits per heavy atom. The molecule has 0 spiro atoms. The second kappa shape index (κ2) is 5.05. The van der Waals surface area contributed by atoms with Crippen LogP contribution in [0.4, 0.5) is 0 Å². The SMILES string of the molecule is CCc1ncnc(CCC(C)N)c1C. The Kier molecular flexibility index (Phi) is 4.01. The van der Waals surface area contributed by atoms with Crippen LogP contribution in [0.5, 0.6) is 0 Å². The van der Waals surface area contributed by atoms with E-state index in [9.17, 15) is 0 Å². The van der Waals surface area contributed by atoms with Crippen molar-refractivity contribution in [2.24, 2.45) is 5.73 Å². The first-order valence-electron chi connectivity index (χ1n) is 5.20. The molecular weight excluding hydrogens is 174 g/mol. The minimum atomic E-state index is 0.245. The van der Waals surface area contributed by atoms with Gasteiger partial charge in [-0.05, 0) is 38.7 Å². The molecule has 78 valence electrons. The van der Waals surface area contributed by atoms with Gasteiger partial charge in [-0.25, -0.2) is 9.97 Å². The Bertz CT molecular complexity index is 295. The van der Waals surface area contributed by atoms with Crippen LogP contribution in [-0.4, -0.2) is 16.0 Å². The molecule has 1 atom stereocenters. The average molecular weight is 193 g/mol. The van der Waals surface area contributed by atoms with Gasteiger partial charge in [0, 0.05) is 17.4 Å². The zero-order chi connectivity index (χ0) is 10.6. The summed E-state index contributed by atoms with van der Waals surface area (Å²) in [6.07, 6.45) is 4.57. The van der Waals surface area contributed by atoms with Crippen LogP contribution in [0.15, 0.2) is 6.33 Å². The Balaban J connectivity index is 2.76. The van der Waals surface area contributed by atoms with E-state index < -0.39 is 0 Å². The Hall–Kier alpha value is -0.960. The smallest absolute Gasteiger partial charge is 0.115 e. The van der Waals surface area contributed by atoms with Crippen LogP contribution in [0.2, 0.25) is 0 Å². The Morgan fingerprint density at radius 1 is 1.36 bits per heavy atom. The summed E-state index contributed by atoms with van der Waals surface area (Å²) in [4.78, 5) is 8.53. The molecule has 1 heterocycles. The average Bonchev–Trinajstić information content (AvgIpc) is 2.16. The molecule has 0 aromatic carbocycles. The van der Waals surface area contributed by atoms with Crippen molar-refractivity contribution in [1.82, 2.24) is 9.97 Å². The lowest BCUT2D eigenvalue weighted by Crippen LogP contribution is -2.16. The predicted octanol–water partition coefficient (Wildman–Crippen LogP) is 1.63. The van der Waals surface area contributed by atoms with Crippen molar-refractivity contribution in [2.75, 3.05) is 0 Å². The van der Waals surface area contributed by atoms with Gasteiger partial charge in [-0.3, -0.25) is 0 Å². The number of rotatable bonds is 4. The third kappa shape index (κ3) is 2.77. The molecule has 3 heteroatoms. The highest BCUT2D eigenvalue weighted by Crippen LogP contribution is 2.11. The van der Waals surface area contributed by atoms with E-state index in [1.807, 2.05) is 6.92 Å². The maximum absolute atomic E-state index is 5.72. The summed E-state index contributed by atoms with van der Waals surface area (Å²) in [5.41, 5.74) is 9.25. The molecule has 14 heavy (non-hydrogen) atoms. The quantitative estimate of drug-likeness (QED) is 0.790. The molecule has 1 rings (SSSR count). The fraction of sp³-hybridized carbons (Fsp3) is 0.636. The van der Waals surface area contributed by atoms with Gasteiger partial charge in [0.2, 0.25) is 0 Å². The maximum Gasteiger partial charge on any atom is 0.115 e. The Morgan fingerprint density at radius 3 is 2.57 bits per heavy atom. The van der Waals surface area contributed by atoms with E-state index in [2.05, 4.69) is 23.8 Å². The lowest BCUT2D eigenvalue weighted by molar-refractivity contribution is 0.653. The standard InChI is InChI=1S/C11H19N3/c1-4-10-9(3)11(14-7-13-10)6-5-8(2)12/h7-8H,4-6,12H2,1-3H3. The molecule has 2 N–H and O–H groups in total. The minimum absolute atomic E-state index is 0.245. The van der Waals surface area contributed by atoms with Crippen molar-refractivity contribution in [1.29, 1.82) is 0 Å². The van der Waals surface area contributed by atoms with E-state index in [1.54, 1.807) is 6.33 Å². The lowest BCUT2D eigenvalue weighted by atomic mass is 10.1. The van der Waals surface area contributed by atoms with Gasteiger partial charge in [0.1, 0.15) is 6.33 Å². The summed E-state index contributed by atoms with van der Waals surface area (Å²) in [5, 5.41) is 0. The summed E-state index contributed by atoms with van der Waals surface area (Å²) >= 11 is 0. The van der Waals surface area contributed by atoms with Crippen LogP contribution in [0.1, 0.15) is 37.2 Å². The largest absolute Gasteiger partial charge is 0.328 e. The summed E-state index contributed by atoms with van der Waals surface area (Å²) in [5.74, 6) is 0. The fourth-order valence-electron chi connectivity index (χ4n) is 1.50. The molecule has 1 aromatic heterocycles. The van der Waals surface area contributed by atoms with Crippen LogP contribution in [0, 0.1) is 6.92 Å². The van der Waals surface area contributed by atoms with Crippen LogP contribution in [-0.2, 0) is 12.8 Å². The van der Waals surface area contributed by atoms with Gasteiger partial charge in [0.05, 0.1) is 0 Å². The van der Waals surface area contributed by atoms with Gasteiger partial charge in [0.25, 0.3) is 0 Å². The first-order chi connectivity index (χ1) is 6.65. The van der Waals surface area contributed by atoms with E-state index in [4.69, 9.17) is 5.73 Å². The van der Waals surface area contributed by atoms with E-state index in [0.717, 1.165) is 30.7 Å². The van der Waals surface area contributed by atoms with Gasteiger partial charge >= 0.3 is 0 Å². The van der Waals surface area contributed by atoms with Crippen molar-refractivity contribution in [2.45, 2.75) is 46.1 Å². The predicted molar refractivity (Wildman–Crippen MR) is 58.1 cm³/mol. The summed E-state index contributed by atoms with van der Waals surface area (Å²) in [6, 6.07) is 0.245. The Labute approximate surface area is 85.8 Å². The van der Waals surface area contributed by atoms with Crippen LogP contribution in [0.25, 0.3) is 0 Å². The third-order valence-electron chi connectivity index (χ3n) is 2.46. The highest BCUT2D eigenvalue weighted by atomic mass is 14.8. The van der Waals surface area contributed by atoms with Gasteiger partial charge in [-0.1, -0.05) is 6.92 Å². The van der Waals surface area contributed by atoms with Crippen LogP contribution >= 0.6 is 0 Å². The van der Waals surface area contributed by atoms with E-state index in [1.165, 1.54) is 5.56 Å². The molecule has 0 aliphatic heterocycles. The zero-order valence-electron chi connectivity index (χ0n) is 9.25. The first kappa shape index (κ1) is 11.1. The number of aryl methyl sites for hydroxylation is 2. The maximum atomic E-state index is 5.72. The number of hydrogen-bond donors (Lipinski definition) is 1. The molecule has 0 aliphatic rings. The summed E-state index contributed by atoms with van der Waals surface area (Å²) < 4.78 is 0. The zero-order valence-corrected chi connectivity index (χ0v) is 9.25. The topological polar surface area (TPSA) is 51.8 Å². The second-order valence-electron chi connectivity index (χ2n) is 3.76. The number of hydrogen-bond acceptors (Lipinski definition) is 3. The van der Waals surface area contributed by atoms with Crippen LogP contribution < -0.4 is 5.73 Å². The molecule has 0 bridgehead atoms. The highest BCUT2D eigenvalue weighted by molar-refractivity contribution is 5.22. The van der Waals surface area contributed by atoms with Gasteiger partial charge in [0.15, 0.2) is 0 Å². The monoisotopic (exact) mass is 193 g/mol. The lowest BCUT2D eigenvalue weighted by Gasteiger charge is -2.09. The van der Waals surface area contributed by atoms with Crippen molar-refractivity contribution in [3.8, 4) is 0 Å². The summed E-state index contributed by atoms with van der Waals surface area (Å²) in [7, 11) is 0. The summed E-state index contributed by atoms with van der Waals surface area (Å²) in [6.45, 7) is 6.23. The van der Waals surface area contributed by atoms with E-state index >= 15 is 0 Å². The molecule has 0 fully saturated rings. The third-order valence-corrected chi connectivity index (χ3v) is 2.46. The molecule has 1 aromatic rings. The first-order valence-corrected chi connectivity index (χ1v) is 5.20. The minimum Gasteiger partial charge on any atom is -0.328 e. The van der Waals surface area contributed by atoms with Gasteiger partial charge in [-0.15, -0.1) is 0 Å². The molecule has 3 nitrogen and oxygen atoms in total. The van der Waals surface area contributed by atoms with Gasteiger partial charge < -0.3 is 5.73 Å². The molecule has 0 saturated heterocycles. The number of nitrogens with two attached hydrogens (primary N) is 1. The number of nitrogens with zero attached hydrogens (tertiary/aromatic N) is 2. The normalized spacial score (nSPS) is 12.9. The fourth-order valence-corrected chi connectivity index (χ4v) is 1.50. The molecule has 0 aliphatic carbocycles.